The summed E-state index contributed by atoms with van der Waals surface area (Å²) in [6.07, 6.45) is 1.07. The fourth-order valence-corrected chi connectivity index (χ4v) is 1.55. The fourth-order valence-electron chi connectivity index (χ4n) is 1.55. The quantitative estimate of drug-likeness (QED) is 0.811. The summed E-state index contributed by atoms with van der Waals surface area (Å²) in [4.78, 5) is 0. The highest BCUT2D eigenvalue weighted by molar-refractivity contribution is 5.27. The number of aromatic nitrogens is 3. The number of hydrogen-bond donors (Lipinski definition) is 1. The summed E-state index contributed by atoms with van der Waals surface area (Å²) in [5.74, 6) is 1.96. The Hall–Kier alpha value is -1.06. The predicted molar refractivity (Wildman–Crippen MR) is 63.2 cm³/mol. The van der Waals surface area contributed by atoms with Gasteiger partial charge in [-0.15, -0.1) is 10.2 Å². The molecule has 0 aliphatic carbocycles. The molecule has 1 rings (SSSR count). The maximum atomic E-state index is 4.30. The molecule has 86 valence electrons. The molecule has 0 unspecified atom stereocenters. The normalized spacial score (nSPS) is 11.8. The standard InChI is InChI=1S/C11H22N4/c1-6-11(4,5)9-13-14-10(12-7-2)15(9)8-3/h6-8H2,1-5H3,(H,12,14). The highest BCUT2D eigenvalue weighted by Crippen LogP contribution is 2.26. The van der Waals surface area contributed by atoms with Crippen molar-refractivity contribution in [3.05, 3.63) is 5.82 Å². The lowest BCUT2D eigenvalue weighted by Gasteiger charge is -2.22. The van der Waals surface area contributed by atoms with Crippen LogP contribution >= 0.6 is 0 Å². The van der Waals surface area contributed by atoms with E-state index in [1.807, 2.05) is 0 Å². The molecule has 0 saturated carbocycles. The molecular weight excluding hydrogens is 188 g/mol. The van der Waals surface area contributed by atoms with E-state index in [0.717, 1.165) is 31.3 Å². The molecule has 0 spiro atoms. The molecule has 0 fully saturated rings. The average Bonchev–Trinajstić information content (AvgIpc) is 2.62. The summed E-state index contributed by atoms with van der Waals surface area (Å²) in [6, 6.07) is 0. The zero-order valence-electron chi connectivity index (χ0n) is 10.5. The van der Waals surface area contributed by atoms with E-state index in [4.69, 9.17) is 0 Å². The minimum absolute atomic E-state index is 0.0939. The van der Waals surface area contributed by atoms with Gasteiger partial charge in [0.05, 0.1) is 0 Å². The first-order valence-corrected chi connectivity index (χ1v) is 5.74. The molecule has 1 aromatic heterocycles. The summed E-state index contributed by atoms with van der Waals surface area (Å²) >= 11 is 0. The number of nitrogens with one attached hydrogen (secondary N) is 1. The fraction of sp³-hybridized carbons (Fsp3) is 0.818. The lowest BCUT2D eigenvalue weighted by Crippen LogP contribution is -2.22. The minimum atomic E-state index is 0.0939. The van der Waals surface area contributed by atoms with Crippen molar-refractivity contribution in [1.29, 1.82) is 0 Å². The number of anilines is 1. The Balaban J connectivity index is 3.09. The topological polar surface area (TPSA) is 42.7 Å². The molecule has 0 radical (unpaired) electrons. The van der Waals surface area contributed by atoms with E-state index in [2.05, 4.69) is 54.7 Å². The molecule has 15 heavy (non-hydrogen) atoms. The Bertz CT molecular complexity index is 314. The van der Waals surface area contributed by atoms with E-state index in [9.17, 15) is 0 Å². The summed E-state index contributed by atoms with van der Waals surface area (Å²) in [5.41, 5.74) is 0.0939. The van der Waals surface area contributed by atoms with Crippen LogP contribution in [0.4, 0.5) is 5.95 Å². The maximum absolute atomic E-state index is 4.30. The van der Waals surface area contributed by atoms with Gasteiger partial charge in [0.1, 0.15) is 5.82 Å². The second-order valence-corrected chi connectivity index (χ2v) is 4.36. The number of nitrogens with zero attached hydrogens (tertiary/aromatic N) is 3. The van der Waals surface area contributed by atoms with Crippen molar-refractivity contribution in [1.82, 2.24) is 14.8 Å². The van der Waals surface area contributed by atoms with Gasteiger partial charge < -0.3 is 5.32 Å². The van der Waals surface area contributed by atoms with Gasteiger partial charge in [-0.3, -0.25) is 4.57 Å². The van der Waals surface area contributed by atoms with Gasteiger partial charge in [0.25, 0.3) is 0 Å². The molecule has 0 atom stereocenters. The Labute approximate surface area is 92.1 Å². The zero-order valence-corrected chi connectivity index (χ0v) is 10.5. The van der Waals surface area contributed by atoms with Crippen molar-refractivity contribution in [2.24, 2.45) is 0 Å². The second-order valence-electron chi connectivity index (χ2n) is 4.36. The Morgan fingerprint density at radius 2 is 1.87 bits per heavy atom. The van der Waals surface area contributed by atoms with Crippen molar-refractivity contribution in [3.63, 3.8) is 0 Å². The van der Waals surface area contributed by atoms with Gasteiger partial charge in [-0.1, -0.05) is 20.8 Å². The van der Waals surface area contributed by atoms with Crippen LogP contribution in [0.3, 0.4) is 0 Å². The highest BCUT2D eigenvalue weighted by atomic mass is 15.4. The molecule has 0 aliphatic heterocycles. The van der Waals surface area contributed by atoms with Crippen LogP contribution in [0, 0.1) is 0 Å². The molecular formula is C11H22N4. The third-order valence-electron chi connectivity index (χ3n) is 2.89. The zero-order chi connectivity index (χ0) is 11.5. The van der Waals surface area contributed by atoms with E-state index in [0.29, 0.717) is 0 Å². The molecule has 0 amide bonds. The summed E-state index contributed by atoms with van der Waals surface area (Å²) < 4.78 is 2.16. The molecule has 0 saturated heterocycles. The smallest absolute Gasteiger partial charge is 0.224 e. The van der Waals surface area contributed by atoms with Crippen LogP contribution < -0.4 is 5.32 Å². The molecule has 4 heteroatoms. The molecule has 1 N–H and O–H groups in total. The van der Waals surface area contributed by atoms with Gasteiger partial charge in [0.2, 0.25) is 5.95 Å². The first kappa shape index (κ1) is 12.0. The number of hydrogen-bond acceptors (Lipinski definition) is 3. The van der Waals surface area contributed by atoms with Crippen molar-refractivity contribution < 1.29 is 0 Å². The summed E-state index contributed by atoms with van der Waals surface area (Å²) in [5, 5.41) is 11.7. The first-order chi connectivity index (χ1) is 7.06. The molecule has 4 nitrogen and oxygen atoms in total. The maximum Gasteiger partial charge on any atom is 0.224 e. The highest BCUT2D eigenvalue weighted by Gasteiger charge is 2.25. The van der Waals surface area contributed by atoms with Gasteiger partial charge >= 0.3 is 0 Å². The van der Waals surface area contributed by atoms with E-state index < -0.39 is 0 Å². The minimum Gasteiger partial charge on any atom is -0.355 e. The summed E-state index contributed by atoms with van der Waals surface area (Å²) in [7, 11) is 0. The van der Waals surface area contributed by atoms with Crippen LogP contribution in [0.2, 0.25) is 0 Å². The van der Waals surface area contributed by atoms with Gasteiger partial charge in [0.15, 0.2) is 0 Å². The van der Waals surface area contributed by atoms with Gasteiger partial charge in [0, 0.05) is 18.5 Å². The molecule has 0 aliphatic rings. The SMILES string of the molecule is CCNc1nnc(C(C)(C)CC)n1CC. The van der Waals surface area contributed by atoms with E-state index in [-0.39, 0.29) is 5.41 Å². The van der Waals surface area contributed by atoms with Crippen molar-refractivity contribution in [2.45, 2.75) is 53.0 Å². The lowest BCUT2D eigenvalue weighted by molar-refractivity contribution is 0.446. The van der Waals surface area contributed by atoms with E-state index in [1.165, 1.54) is 0 Å². The largest absolute Gasteiger partial charge is 0.355 e. The van der Waals surface area contributed by atoms with Crippen molar-refractivity contribution in [2.75, 3.05) is 11.9 Å². The lowest BCUT2D eigenvalue weighted by atomic mass is 9.89. The average molecular weight is 210 g/mol. The monoisotopic (exact) mass is 210 g/mol. The van der Waals surface area contributed by atoms with Crippen molar-refractivity contribution in [3.8, 4) is 0 Å². The van der Waals surface area contributed by atoms with Crippen LogP contribution in [0.1, 0.15) is 46.9 Å². The van der Waals surface area contributed by atoms with Crippen LogP contribution in [0.15, 0.2) is 0 Å². The second kappa shape index (κ2) is 4.64. The Kier molecular flexibility index (Phi) is 3.72. The molecule has 1 aromatic rings. The third-order valence-corrected chi connectivity index (χ3v) is 2.89. The van der Waals surface area contributed by atoms with Crippen molar-refractivity contribution >= 4 is 5.95 Å². The molecule has 0 bridgehead atoms. The third kappa shape index (κ3) is 2.30. The van der Waals surface area contributed by atoms with Gasteiger partial charge in [-0.05, 0) is 20.3 Å². The number of rotatable bonds is 5. The van der Waals surface area contributed by atoms with Crippen LogP contribution in [-0.4, -0.2) is 21.3 Å². The molecule has 1 heterocycles. The molecule has 0 aromatic carbocycles. The predicted octanol–water partition coefficient (Wildman–Crippen LogP) is 2.42. The van der Waals surface area contributed by atoms with Crippen LogP contribution in [0.5, 0.6) is 0 Å². The van der Waals surface area contributed by atoms with Crippen LogP contribution in [0.25, 0.3) is 0 Å². The first-order valence-electron chi connectivity index (χ1n) is 5.74. The Morgan fingerprint density at radius 3 is 2.33 bits per heavy atom. The van der Waals surface area contributed by atoms with E-state index >= 15 is 0 Å². The van der Waals surface area contributed by atoms with E-state index in [1.54, 1.807) is 0 Å². The van der Waals surface area contributed by atoms with Gasteiger partial charge in [-0.25, -0.2) is 0 Å². The summed E-state index contributed by atoms with van der Waals surface area (Å²) in [6.45, 7) is 12.6. The Morgan fingerprint density at radius 1 is 1.20 bits per heavy atom. The van der Waals surface area contributed by atoms with Gasteiger partial charge in [-0.2, -0.15) is 0 Å². The van der Waals surface area contributed by atoms with Crippen LogP contribution in [-0.2, 0) is 12.0 Å².